The molecule has 1 aliphatic heterocycles. The third-order valence-electron chi connectivity index (χ3n) is 6.77. The molecule has 178 valence electrons. The molecule has 0 radical (unpaired) electrons. The van der Waals surface area contributed by atoms with Crippen LogP contribution in [0.1, 0.15) is 47.8 Å². The van der Waals surface area contributed by atoms with Crippen LogP contribution in [0.2, 0.25) is 0 Å². The first kappa shape index (κ1) is 21.6. The van der Waals surface area contributed by atoms with Gasteiger partial charge in [0.05, 0.1) is 17.1 Å². The van der Waals surface area contributed by atoms with Crippen molar-refractivity contribution in [3.63, 3.8) is 0 Å². The van der Waals surface area contributed by atoms with Gasteiger partial charge >= 0.3 is 0 Å². The number of alkyl halides is 2. The Balaban J connectivity index is 1.68. The highest BCUT2D eigenvalue weighted by Crippen LogP contribution is 2.48. The minimum Gasteiger partial charge on any atom is -0.482 e. The molecule has 4 heterocycles. The average Bonchev–Trinajstić information content (AvgIpc) is 3.38. The maximum absolute atomic E-state index is 14.4. The Hall–Kier alpha value is -3.88. The van der Waals surface area contributed by atoms with Crippen molar-refractivity contribution in [2.75, 3.05) is 5.73 Å². The molecule has 6 nitrogen and oxygen atoms in total. The zero-order valence-electron chi connectivity index (χ0n) is 18.9. The molecule has 4 aromatic rings. The van der Waals surface area contributed by atoms with Gasteiger partial charge in [0.15, 0.2) is 11.6 Å². The van der Waals surface area contributed by atoms with Crippen LogP contribution in [-0.4, -0.2) is 26.2 Å². The largest absolute Gasteiger partial charge is 0.482 e. The van der Waals surface area contributed by atoms with E-state index in [1.807, 2.05) is 12.1 Å². The van der Waals surface area contributed by atoms with E-state index in [1.165, 1.54) is 16.8 Å². The van der Waals surface area contributed by atoms with Crippen LogP contribution in [0.25, 0.3) is 22.5 Å². The number of nitrogens with two attached hydrogens (primary N) is 1. The summed E-state index contributed by atoms with van der Waals surface area (Å²) in [7, 11) is 0. The Kier molecular flexibility index (Phi) is 5.01. The number of aryl methyl sites for hydroxylation is 1. The molecule has 2 atom stereocenters. The van der Waals surface area contributed by atoms with Crippen molar-refractivity contribution in [3.05, 3.63) is 77.0 Å². The van der Waals surface area contributed by atoms with Crippen LogP contribution >= 0.6 is 0 Å². The number of hydrogen-bond acceptors (Lipinski definition) is 5. The van der Waals surface area contributed by atoms with Crippen molar-refractivity contribution in [1.29, 1.82) is 0 Å². The van der Waals surface area contributed by atoms with Crippen molar-refractivity contribution >= 4 is 5.82 Å². The first-order chi connectivity index (χ1) is 16.9. The SMILES string of the molecule is C[C@H]1Oc2cc(cnc2N)-c2c3c(nn2CC(F)F)CCC3c2cccnc2-c2ccc(F)cc21. The molecule has 1 aliphatic carbocycles. The van der Waals surface area contributed by atoms with Crippen LogP contribution in [0.3, 0.4) is 0 Å². The van der Waals surface area contributed by atoms with E-state index in [-0.39, 0.29) is 17.6 Å². The summed E-state index contributed by atoms with van der Waals surface area (Å²) in [6.45, 7) is 1.27. The van der Waals surface area contributed by atoms with Crippen LogP contribution < -0.4 is 10.5 Å². The summed E-state index contributed by atoms with van der Waals surface area (Å²) < 4.78 is 49.0. The van der Waals surface area contributed by atoms with Gasteiger partial charge in [-0.2, -0.15) is 5.10 Å². The van der Waals surface area contributed by atoms with Gasteiger partial charge in [-0.3, -0.25) is 9.67 Å². The molecule has 0 fully saturated rings. The fourth-order valence-corrected chi connectivity index (χ4v) is 5.32. The zero-order valence-corrected chi connectivity index (χ0v) is 18.9. The van der Waals surface area contributed by atoms with E-state index >= 15 is 0 Å². The second-order valence-electron chi connectivity index (χ2n) is 8.91. The average molecular weight is 477 g/mol. The normalized spacial score (nSPS) is 18.2. The Bertz CT molecular complexity index is 1450. The van der Waals surface area contributed by atoms with Crippen LogP contribution in [0, 0.1) is 5.82 Å². The van der Waals surface area contributed by atoms with Crippen LogP contribution in [0.15, 0.2) is 48.8 Å². The number of benzene rings is 1. The van der Waals surface area contributed by atoms with E-state index in [9.17, 15) is 13.2 Å². The fraction of sp³-hybridized carbons (Fsp3) is 0.269. The summed E-state index contributed by atoms with van der Waals surface area (Å²) in [5.41, 5.74) is 12.0. The van der Waals surface area contributed by atoms with Gasteiger partial charge in [0.25, 0.3) is 6.43 Å². The minimum atomic E-state index is -2.57. The number of ether oxygens (including phenoxy) is 1. The number of aromatic nitrogens is 4. The highest BCUT2D eigenvalue weighted by molar-refractivity contribution is 5.74. The molecule has 3 aromatic heterocycles. The topological polar surface area (TPSA) is 78.9 Å². The summed E-state index contributed by atoms with van der Waals surface area (Å²) in [4.78, 5) is 8.98. The lowest BCUT2D eigenvalue weighted by Gasteiger charge is -2.24. The van der Waals surface area contributed by atoms with Gasteiger partial charge in [0, 0.05) is 40.6 Å². The zero-order chi connectivity index (χ0) is 24.3. The van der Waals surface area contributed by atoms with Crippen LogP contribution in [-0.2, 0) is 13.0 Å². The molecule has 1 aromatic carbocycles. The van der Waals surface area contributed by atoms with E-state index in [0.29, 0.717) is 34.7 Å². The van der Waals surface area contributed by atoms with Gasteiger partial charge in [-0.05, 0) is 55.7 Å². The number of rotatable bonds is 2. The molecule has 0 saturated carbocycles. The summed E-state index contributed by atoms with van der Waals surface area (Å²) in [6.07, 6.45) is 1.51. The van der Waals surface area contributed by atoms with Crippen molar-refractivity contribution in [1.82, 2.24) is 19.7 Å². The highest BCUT2D eigenvalue weighted by Gasteiger charge is 2.35. The van der Waals surface area contributed by atoms with E-state index < -0.39 is 19.1 Å². The monoisotopic (exact) mass is 477 g/mol. The fourth-order valence-electron chi connectivity index (χ4n) is 5.32. The number of pyridine rings is 2. The molecule has 9 heteroatoms. The molecule has 35 heavy (non-hydrogen) atoms. The molecule has 0 saturated heterocycles. The first-order valence-electron chi connectivity index (χ1n) is 11.5. The van der Waals surface area contributed by atoms with E-state index in [4.69, 9.17) is 10.5 Å². The number of nitrogen functional groups attached to an aromatic ring is 1. The molecule has 2 bridgehead atoms. The first-order valence-corrected chi connectivity index (χ1v) is 11.5. The predicted octanol–water partition coefficient (Wildman–Crippen LogP) is 5.53. The van der Waals surface area contributed by atoms with E-state index in [1.54, 1.807) is 31.5 Å². The second kappa shape index (κ2) is 8.11. The summed E-state index contributed by atoms with van der Waals surface area (Å²) >= 11 is 0. The van der Waals surface area contributed by atoms with Crippen molar-refractivity contribution in [3.8, 4) is 28.3 Å². The van der Waals surface area contributed by atoms with Gasteiger partial charge in [0.1, 0.15) is 18.5 Å². The van der Waals surface area contributed by atoms with Crippen molar-refractivity contribution < 1.29 is 17.9 Å². The van der Waals surface area contributed by atoms with E-state index in [2.05, 4.69) is 15.1 Å². The third-order valence-corrected chi connectivity index (χ3v) is 6.77. The van der Waals surface area contributed by atoms with Gasteiger partial charge in [-0.1, -0.05) is 6.07 Å². The van der Waals surface area contributed by atoms with Gasteiger partial charge in [-0.15, -0.1) is 0 Å². The summed E-state index contributed by atoms with van der Waals surface area (Å²) in [6, 6.07) is 10.1. The van der Waals surface area contributed by atoms with Gasteiger partial charge in [-0.25, -0.2) is 18.2 Å². The Morgan fingerprint density at radius 1 is 1.17 bits per heavy atom. The minimum absolute atomic E-state index is 0.121. The predicted molar refractivity (Wildman–Crippen MR) is 125 cm³/mol. The lowest BCUT2D eigenvalue weighted by molar-refractivity contribution is 0.122. The number of nitrogens with zero attached hydrogens (tertiary/aromatic N) is 4. The maximum Gasteiger partial charge on any atom is 0.257 e. The summed E-state index contributed by atoms with van der Waals surface area (Å²) in [5.74, 6) is -0.0607. The number of hydrogen-bond donors (Lipinski definition) is 1. The van der Waals surface area contributed by atoms with Gasteiger partial charge in [0.2, 0.25) is 0 Å². The molecule has 0 spiro atoms. The van der Waals surface area contributed by atoms with Crippen molar-refractivity contribution in [2.24, 2.45) is 0 Å². The Labute approximate surface area is 199 Å². The molecule has 2 N–H and O–H groups in total. The maximum atomic E-state index is 14.4. The molecule has 0 amide bonds. The Morgan fingerprint density at radius 2 is 2.03 bits per heavy atom. The molecular formula is C26H22F3N5O. The standard InChI is InChI=1S/C26H22F3N5O/c1-13-19-10-15(27)4-5-18(19)24-17(3-2-8-31-24)16-6-7-20-23(16)25(34(33-20)12-22(28)29)14-9-21(35-13)26(30)32-11-14/h2-5,8-11,13,16,22H,6-7,12H2,1H3,(H2,30,32)/t13-,16?/m1/s1. The highest BCUT2D eigenvalue weighted by atomic mass is 19.3. The molecule has 2 aliphatic rings. The van der Waals surface area contributed by atoms with Gasteiger partial charge < -0.3 is 10.5 Å². The number of anilines is 1. The lowest BCUT2D eigenvalue weighted by Crippen LogP contribution is -2.13. The number of halogens is 3. The van der Waals surface area contributed by atoms with E-state index in [0.717, 1.165) is 28.8 Å². The quantitative estimate of drug-likeness (QED) is 0.411. The van der Waals surface area contributed by atoms with Crippen molar-refractivity contribution in [2.45, 2.75) is 44.8 Å². The smallest absolute Gasteiger partial charge is 0.257 e. The summed E-state index contributed by atoms with van der Waals surface area (Å²) in [5, 5.41) is 4.57. The second-order valence-corrected chi connectivity index (χ2v) is 8.91. The molecular weight excluding hydrogens is 455 g/mol. The number of fused-ring (bicyclic) bond motifs is 7. The van der Waals surface area contributed by atoms with Crippen LogP contribution in [0.5, 0.6) is 5.75 Å². The third kappa shape index (κ3) is 3.53. The Morgan fingerprint density at radius 3 is 2.86 bits per heavy atom. The van der Waals surface area contributed by atoms with Crippen LogP contribution in [0.4, 0.5) is 19.0 Å². The molecule has 1 unspecified atom stereocenters. The lowest BCUT2D eigenvalue weighted by atomic mass is 9.86. The molecule has 6 rings (SSSR count).